The molecule has 0 aromatic heterocycles. The zero-order valence-corrected chi connectivity index (χ0v) is 15.3. The Labute approximate surface area is 143 Å². The molecule has 6 nitrogen and oxygen atoms in total. The van der Waals surface area contributed by atoms with Gasteiger partial charge in [0.15, 0.2) is 11.5 Å². The quantitative estimate of drug-likeness (QED) is 0.851. The predicted molar refractivity (Wildman–Crippen MR) is 92.5 cm³/mol. The smallest absolute Gasteiger partial charge is 0.249 e. The molecule has 1 atom stereocenters. The number of rotatable bonds is 3. The Morgan fingerprint density at radius 2 is 1.75 bits per heavy atom. The normalized spacial score (nSPS) is 18.6. The molecule has 1 aromatic carbocycles. The first-order chi connectivity index (χ1) is 11.2. The van der Waals surface area contributed by atoms with Crippen LogP contribution in [0.25, 0.3) is 0 Å². The van der Waals surface area contributed by atoms with Crippen LogP contribution in [0.3, 0.4) is 0 Å². The van der Waals surface area contributed by atoms with Crippen LogP contribution < -0.4 is 14.4 Å². The van der Waals surface area contributed by atoms with Gasteiger partial charge in [-0.15, -0.1) is 0 Å². The van der Waals surface area contributed by atoms with Crippen molar-refractivity contribution in [2.45, 2.75) is 33.7 Å². The molecule has 0 radical (unpaired) electrons. The van der Waals surface area contributed by atoms with Gasteiger partial charge in [0.2, 0.25) is 11.8 Å². The van der Waals surface area contributed by atoms with Crippen molar-refractivity contribution in [3.05, 3.63) is 18.2 Å². The van der Waals surface area contributed by atoms with E-state index in [1.165, 1.54) is 0 Å². The molecule has 0 aliphatic carbocycles. The average Bonchev–Trinajstić information content (AvgIpc) is 2.55. The number of piperazine rings is 1. The van der Waals surface area contributed by atoms with Crippen LogP contribution in [0, 0.1) is 5.41 Å². The number of carbonyl (C=O) groups is 2. The highest BCUT2D eigenvalue weighted by Crippen LogP contribution is 2.33. The number of amides is 2. The molecule has 1 aromatic rings. The van der Waals surface area contributed by atoms with Crippen LogP contribution >= 0.6 is 0 Å². The van der Waals surface area contributed by atoms with E-state index in [0.29, 0.717) is 24.6 Å². The predicted octanol–water partition coefficient (Wildman–Crippen LogP) is 2.31. The summed E-state index contributed by atoms with van der Waals surface area (Å²) >= 11 is 0. The Balaban J connectivity index is 2.24. The van der Waals surface area contributed by atoms with E-state index in [4.69, 9.17) is 9.47 Å². The molecule has 132 valence electrons. The number of methoxy groups -OCH3 is 2. The third-order valence-corrected chi connectivity index (χ3v) is 4.24. The molecule has 1 aliphatic rings. The lowest BCUT2D eigenvalue weighted by Crippen LogP contribution is -2.59. The van der Waals surface area contributed by atoms with E-state index in [1.807, 2.05) is 26.8 Å². The molecule has 2 rings (SSSR count). The van der Waals surface area contributed by atoms with Crippen molar-refractivity contribution in [2.24, 2.45) is 5.41 Å². The SMILES string of the molecule is COc1ccc(N2CCN(C(=O)C(C)(C)C)C(C)C2=O)cc1OC. The molecule has 1 saturated heterocycles. The summed E-state index contributed by atoms with van der Waals surface area (Å²) in [4.78, 5) is 28.7. The van der Waals surface area contributed by atoms with Crippen LogP contribution in [0.4, 0.5) is 5.69 Å². The molecule has 1 fully saturated rings. The second-order valence-corrected chi connectivity index (χ2v) is 6.95. The summed E-state index contributed by atoms with van der Waals surface area (Å²) in [6, 6.07) is 4.90. The first-order valence-electron chi connectivity index (χ1n) is 8.05. The van der Waals surface area contributed by atoms with Gasteiger partial charge >= 0.3 is 0 Å². The van der Waals surface area contributed by atoms with Gasteiger partial charge in [-0.2, -0.15) is 0 Å². The Morgan fingerprint density at radius 1 is 1.12 bits per heavy atom. The van der Waals surface area contributed by atoms with Gasteiger partial charge in [0.05, 0.1) is 14.2 Å². The highest BCUT2D eigenvalue weighted by atomic mass is 16.5. The van der Waals surface area contributed by atoms with Crippen LogP contribution in [0.1, 0.15) is 27.7 Å². The number of hydrogen-bond acceptors (Lipinski definition) is 4. The van der Waals surface area contributed by atoms with Gasteiger partial charge in [0.25, 0.3) is 0 Å². The highest BCUT2D eigenvalue weighted by Gasteiger charge is 2.38. The fourth-order valence-corrected chi connectivity index (χ4v) is 2.83. The highest BCUT2D eigenvalue weighted by molar-refractivity contribution is 6.00. The van der Waals surface area contributed by atoms with Crippen molar-refractivity contribution < 1.29 is 19.1 Å². The van der Waals surface area contributed by atoms with Crippen LogP contribution in [0.2, 0.25) is 0 Å². The number of anilines is 1. The van der Waals surface area contributed by atoms with Gasteiger partial charge < -0.3 is 19.3 Å². The first kappa shape index (κ1) is 18.1. The molecule has 6 heteroatoms. The molecule has 1 aliphatic heterocycles. The average molecular weight is 334 g/mol. The summed E-state index contributed by atoms with van der Waals surface area (Å²) in [7, 11) is 3.13. The molecule has 24 heavy (non-hydrogen) atoms. The topological polar surface area (TPSA) is 59.1 Å². The van der Waals surface area contributed by atoms with Crippen LogP contribution in [-0.4, -0.2) is 50.1 Å². The van der Waals surface area contributed by atoms with Gasteiger partial charge in [0, 0.05) is 30.3 Å². The van der Waals surface area contributed by atoms with E-state index >= 15 is 0 Å². The Kier molecular flexibility index (Phi) is 5.06. The zero-order chi connectivity index (χ0) is 18.1. The Bertz CT molecular complexity index is 636. The van der Waals surface area contributed by atoms with Gasteiger partial charge in [-0.25, -0.2) is 0 Å². The van der Waals surface area contributed by atoms with E-state index in [1.54, 1.807) is 43.1 Å². The number of nitrogens with zero attached hydrogens (tertiary/aromatic N) is 2. The summed E-state index contributed by atoms with van der Waals surface area (Å²) < 4.78 is 10.5. The molecule has 1 unspecified atom stereocenters. The largest absolute Gasteiger partial charge is 0.493 e. The third kappa shape index (κ3) is 3.32. The van der Waals surface area contributed by atoms with Gasteiger partial charge in [-0.05, 0) is 19.1 Å². The lowest BCUT2D eigenvalue weighted by molar-refractivity contribution is -0.147. The Morgan fingerprint density at radius 3 is 2.29 bits per heavy atom. The minimum Gasteiger partial charge on any atom is -0.493 e. The monoisotopic (exact) mass is 334 g/mol. The van der Waals surface area contributed by atoms with E-state index < -0.39 is 11.5 Å². The first-order valence-corrected chi connectivity index (χ1v) is 8.05. The lowest BCUT2D eigenvalue weighted by atomic mass is 9.93. The number of hydrogen-bond donors (Lipinski definition) is 0. The molecule has 2 amide bonds. The Hall–Kier alpha value is -2.24. The molecule has 1 heterocycles. The van der Waals surface area contributed by atoms with Gasteiger partial charge in [0.1, 0.15) is 6.04 Å². The maximum Gasteiger partial charge on any atom is 0.249 e. The second-order valence-electron chi connectivity index (χ2n) is 6.95. The molecule has 0 bridgehead atoms. The maximum atomic E-state index is 12.8. The number of benzene rings is 1. The van der Waals surface area contributed by atoms with Crippen molar-refractivity contribution in [3.8, 4) is 11.5 Å². The molecular formula is C18H26N2O4. The molecule has 0 spiro atoms. The fraction of sp³-hybridized carbons (Fsp3) is 0.556. The van der Waals surface area contributed by atoms with Crippen molar-refractivity contribution in [2.75, 3.05) is 32.2 Å². The number of ether oxygens (including phenoxy) is 2. The van der Waals surface area contributed by atoms with E-state index in [-0.39, 0.29) is 11.8 Å². The summed E-state index contributed by atoms with van der Waals surface area (Å²) in [5, 5.41) is 0. The summed E-state index contributed by atoms with van der Waals surface area (Å²) in [5.74, 6) is 1.09. The fourth-order valence-electron chi connectivity index (χ4n) is 2.83. The third-order valence-electron chi connectivity index (χ3n) is 4.24. The van der Waals surface area contributed by atoms with Crippen LogP contribution in [-0.2, 0) is 9.59 Å². The standard InChI is InChI=1S/C18H26N2O4/c1-12-16(21)20(10-9-19(12)17(22)18(2,3)4)13-7-8-14(23-5)15(11-13)24-6/h7-8,11-12H,9-10H2,1-6H3. The molecule has 0 saturated carbocycles. The summed E-state index contributed by atoms with van der Waals surface area (Å²) in [6.45, 7) is 8.35. The van der Waals surface area contributed by atoms with Crippen molar-refractivity contribution in [1.82, 2.24) is 4.90 Å². The van der Waals surface area contributed by atoms with E-state index in [2.05, 4.69) is 0 Å². The summed E-state index contributed by atoms with van der Waals surface area (Å²) in [6.07, 6.45) is 0. The lowest BCUT2D eigenvalue weighted by Gasteiger charge is -2.41. The van der Waals surface area contributed by atoms with Gasteiger partial charge in [-0.3, -0.25) is 9.59 Å². The number of carbonyl (C=O) groups excluding carboxylic acids is 2. The molecule has 0 N–H and O–H groups in total. The van der Waals surface area contributed by atoms with E-state index in [0.717, 1.165) is 5.69 Å². The van der Waals surface area contributed by atoms with E-state index in [9.17, 15) is 9.59 Å². The minimum absolute atomic E-state index is 0.00434. The van der Waals surface area contributed by atoms with Crippen molar-refractivity contribution in [3.63, 3.8) is 0 Å². The molecular weight excluding hydrogens is 308 g/mol. The van der Waals surface area contributed by atoms with Crippen LogP contribution in [0.5, 0.6) is 11.5 Å². The zero-order valence-electron chi connectivity index (χ0n) is 15.3. The van der Waals surface area contributed by atoms with Gasteiger partial charge in [-0.1, -0.05) is 20.8 Å². The second kappa shape index (κ2) is 6.71. The van der Waals surface area contributed by atoms with Crippen LogP contribution in [0.15, 0.2) is 18.2 Å². The minimum atomic E-state index is -0.500. The maximum absolute atomic E-state index is 12.8. The summed E-state index contributed by atoms with van der Waals surface area (Å²) in [5.41, 5.74) is 0.243. The van der Waals surface area contributed by atoms with Crippen molar-refractivity contribution in [1.29, 1.82) is 0 Å². The van der Waals surface area contributed by atoms with Crippen molar-refractivity contribution >= 4 is 17.5 Å².